The van der Waals surface area contributed by atoms with E-state index in [-0.39, 0.29) is 18.0 Å². The molecule has 2 aromatic heterocycles. The summed E-state index contributed by atoms with van der Waals surface area (Å²) in [6.07, 6.45) is 1.62. The lowest BCUT2D eigenvalue weighted by Gasteiger charge is -2.06. The first-order valence-corrected chi connectivity index (χ1v) is 8.03. The molecule has 0 atom stereocenters. The van der Waals surface area contributed by atoms with Crippen molar-refractivity contribution >= 4 is 28.2 Å². The predicted molar refractivity (Wildman–Crippen MR) is 87.4 cm³/mol. The molecule has 0 unspecified atom stereocenters. The molecule has 0 aliphatic rings. The molecular weight excluding hydrogens is 314 g/mol. The maximum absolute atomic E-state index is 12.3. The van der Waals surface area contributed by atoms with Crippen molar-refractivity contribution in [3.63, 3.8) is 0 Å². The molecule has 3 rings (SSSR count). The van der Waals surface area contributed by atoms with Gasteiger partial charge in [0.05, 0.1) is 23.3 Å². The number of hydrogen-bond donors (Lipinski definition) is 2. The molecular formula is C15H15N5O2S. The number of benzene rings is 1. The SMILES string of the molecule is CCCc1nnsc1C(=O)NCc1n[nH]c(=O)c2ccccc12. The monoisotopic (exact) mass is 329 g/mol. The maximum Gasteiger partial charge on any atom is 0.272 e. The van der Waals surface area contributed by atoms with Crippen LogP contribution in [0.1, 0.15) is 34.4 Å². The van der Waals surface area contributed by atoms with Gasteiger partial charge in [0.1, 0.15) is 4.88 Å². The van der Waals surface area contributed by atoms with E-state index in [1.807, 2.05) is 19.1 Å². The van der Waals surface area contributed by atoms with Crippen LogP contribution in [-0.4, -0.2) is 25.7 Å². The topological polar surface area (TPSA) is 101 Å². The first-order chi connectivity index (χ1) is 11.2. The zero-order valence-electron chi connectivity index (χ0n) is 12.5. The lowest BCUT2D eigenvalue weighted by atomic mass is 10.1. The number of rotatable bonds is 5. The Morgan fingerprint density at radius 1 is 1.26 bits per heavy atom. The van der Waals surface area contributed by atoms with Crippen LogP contribution >= 0.6 is 11.5 Å². The Hall–Kier alpha value is -2.61. The third-order valence-electron chi connectivity index (χ3n) is 3.44. The van der Waals surface area contributed by atoms with Crippen molar-refractivity contribution in [2.24, 2.45) is 0 Å². The summed E-state index contributed by atoms with van der Waals surface area (Å²) in [5.41, 5.74) is 1.09. The molecule has 0 aliphatic carbocycles. The average Bonchev–Trinajstić information content (AvgIpc) is 3.03. The minimum absolute atomic E-state index is 0.222. The molecule has 2 heterocycles. The second-order valence-electron chi connectivity index (χ2n) is 5.03. The number of aromatic amines is 1. The predicted octanol–water partition coefficient (Wildman–Crippen LogP) is 1.66. The number of aromatic nitrogens is 4. The quantitative estimate of drug-likeness (QED) is 0.741. The van der Waals surface area contributed by atoms with Crippen molar-refractivity contribution in [1.29, 1.82) is 0 Å². The number of carbonyl (C=O) groups excluding carboxylic acids is 1. The number of nitrogens with one attached hydrogen (secondary N) is 2. The molecule has 118 valence electrons. The minimum atomic E-state index is -0.243. The highest BCUT2D eigenvalue weighted by Crippen LogP contribution is 2.14. The van der Waals surface area contributed by atoms with Crippen LogP contribution in [0.4, 0.5) is 0 Å². The fraction of sp³-hybridized carbons (Fsp3) is 0.267. The van der Waals surface area contributed by atoms with Gasteiger partial charge in [-0.1, -0.05) is 36.0 Å². The number of amides is 1. The second kappa shape index (κ2) is 6.66. The van der Waals surface area contributed by atoms with E-state index in [1.165, 1.54) is 0 Å². The third kappa shape index (κ3) is 3.11. The molecule has 0 aliphatic heterocycles. The van der Waals surface area contributed by atoms with E-state index in [4.69, 9.17) is 0 Å². The highest BCUT2D eigenvalue weighted by molar-refractivity contribution is 7.08. The molecule has 0 bridgehead atoms. The molecule has 1 aromatic carbocycles. The van der Waals surface area contributed by atoms with Gasteiger partial charge in [0.15, 0.2) is 0 Å². The molecule has 0 spiro atoms. The first-order valence-electron chi connectivity index (χ1n) is 7.26. The highest BCUT2D eigenvalue weighted by Gasteiger charge is 2.16. The molecule has 0 fully saturated rings. The van der Waals surface area contributed by atoms with Gasteiger partial charge in [-0.15, -0.1) is 5.10 Å². The van der Waals surface area contributed by atoms with Crippen molar-refractivity contribution in [3.05, 3.63) is 50.9 Å². The largest absolute Gasteiger partial charge is 0.345 e. The molecule has 1 amide bonds. The first kappa shape index (κ1) is 15.3. The number of nitrogens with zero attached hydrogens (tertiary/aromatic N) is 3. The summed E-state index contributed by atoms with van der Waals surface area (Å²) in [7, 11) is 0. The summed E-state index contributed by atoms with van der Waals surface area (Å²) in [6.45, 7) is 2.25. The van der Waals surface area contributed by atoms with Crippen molar-refractivity contribution in [2.45, 2.75) is 26.3 Å². The zero-order valence-corrected chi connectivity index (χ0v) is 13.3. The van der Waals surface area contributed by atoms with Crippen molar-refractivity contribution < 1.29 is 4.79 Å². The molecule has 0 saturated heterocycles. The highest BCUT2D eigenvalue weighted by atomic mass is 32.1. The summed E-state index contributed by atoms with van der Waals surface area (Å²) in [4.78, 5) is 24.6. The zero-order chi connectivity index (χ0) is 16.2. The van der Waals surface area contributed by atoms with Crippen LogP contribution in [0, 0.1) is 0 Å². The molecule has 0 radical (unpaired) electrons. The summed E-state index contributed by atoms with van der Waals surface area (Å²) >= 11 is 1.09. The van der Waals surface area contributed by atoms with Gasteiger partial charge >= 0.3 is 0 Å². The number of hydrogen-bond acceptors (Lipinski definition) is 6. The summed E-state index contributed by atoms with van der Waals surface area (Å²) < 4.78 is 3.85. The lowest BCUT2D eigenvalue weighted by Crippen LogP contribution is -2.25. The Morgan fingerprint density at radius 2 is 2.04 bits per heavy atom. The lowest BCUT2D eigenvalue weighted by molar-refractivity contribution is 0.0953. The van der Waals surface area contributed by atoms with Crippen LogP contribution < -0.4 is 10.9 Å². The van der Waals surface area contributed by atoms with Crippen molar-refractivity contribution in [3.8, 4) is 0 Å². The van der Waals surface area contributed by atoms with E-state index in [1.54, 1.807) is 12.1 Å². The average molecular weight is 329 g/mol. The standard InChI is InChI=1S/C15H15N5O2S/c1-2-5-11-13(23-20-18-11)15(22)16-8-12-9-6-3-4-7-10(9)14(21)19-17-12/h3-4,6-7H,2,5,8H2,1H3,(H,16,22)(H,19,21). The van der Waals surface area contributed by atoms with Gasteiger partial charge < -0.3 is 5.32 Å². The fourth-order valence-electron chi connectivity index (χ4n) is 2.33. The third-order valence-corrected chi connectivity index (χ3v) is 4.21. The molecule has 23 heavy (non-hydrogen) atoms. The molecule has 2 N–H and O–H groups in total. The van der Waals surface area contributed by atoms with E-state index < -0.39 is 0 Å². The van der Waals surface area contributed by atoms with Crippen LogP contribution in [0.5, 0.6) is 0 Å². The van der Waals surface area contributed by atoms with Crippen LogP contribution in [0.2, 0.25) is 0 Å². The number of H-pyrrole nitrogens is 1. The van der Waals surface area contributed by atoms with Gasteiger partial charge in [-0.25, -0.2) is 5.10 Å². The minimum Gasteiger partial charge on any atom is -0.345 e. The number of fused-ring (bicyclic) bond motifs is 1. The Labute approximate surface area is 135 Å². The van der Waals surface area contributed by atoms with E-state index in [0.29, 0.717) is 21.7 Å². The maximum atomic E-state index is 12.3. The Kier molecular flexibility index (Phi) is 4.42. The van der Waals surface area contributed by atoms with Crippen LogP contribution in [0.25, 0.3) is 10.8 Å². The normalized spacial score (nSPS) is 10.8. The summed E-state index contributed by atoms with van der Waals surface area (Å²) in [5.74, 6) is -0.222. The van der Waals surface area contributed by atoms with Crippen molar-refractivity contribution in [2.75, 3.05) is 0 Å². The summed E-state index contributed by atoms with van der Waals surface area (Å²) in [5, 5.41) is 14.6. The Bertz CT molecular complexity index is 902. The van der Waals surface area contributed by atoms with Crippen molar-refractivity contribution in [1.82, 2.24) is 25.1 Å². The van der Waals surface area contributed by atoms with Gasteiger partial charge in [0.2, 0.25) is 0 Å². The second-order valence-corrected chi connectivity index (χ2v) is 5.78. The van der Waals surface area contributed by atoms with Gasteiger partial charge in [0.25, 0.3) is 11.5 Å². The summed E-state index contributed by atoms with van der Waals surface area (Å²) in [6, 6.07) is 7.17. The van der Waals surface area contributed by atoms with Gasteiger partial charge in [-0.3, -0.25) is 9.59 Å². The van der Waals surface area contributed by atoms with Crippen LogP contribution in [0.3, 0.4) is 0 Å². The van der Waals surface area contributed by atoms with Gasteiger partial charge in [0, 0.05) is 5.39 Å². The van der Waals surface area contributed by atoms with E-state index in [9.17, 15) is 9.59 Å². The van der Waals surface area contributed by atoms with E-state index in [0.717, 1.165) is 29.8 Å². The van der Waals surface area contributed by atoms with Crippen LogP contribution in [0.15, 0.2) is 29.1 Å². The molecule has 0 saturated carbocycles. The Morgan fingerprint density at radius 3 is 2.83 bits per heavy atom. The number of aryl methyl sites for hydroxylation is 1. The smallest absolute Gasteiger partial charge is 0.272 e. The van der Waals surface area contributed by atoms with Crippen LogP contribution in [-0.2, 0) is 13.0 Å². The van der Waals surface area contributed by atoms with Gasteiger partial charge in [-0.2, -0.15) is 5.10 Å². The molecule has 7 nitrogen and oxygen atoms in total. The number of carbonyl (C=O) groups is 1. The van der Waals surface area contributed by atoms with E-state index in [2.05, 4.69) is 25.1 Å². The molecule has 3 aromatic rings. The van der Waals surface area contributed by atoms with E-state index >= 15 is 0 Å². The fourth-order valence-corrected chi connectivity index (χ4v) is 2.96. The molecule has 8 heteroatoms. The van der Waals surface area contributed by atoms with Gasteiger partial charge in [-0.05, 0) is 24.0 Å². The Balaban J connectivity index is 1.81.